The molecule has 1 atom stereocenters. The number of hydrogen-bond donors (Lipinski definition) is 2. The van der Waals surface area contributed by atoms with Crippen LogP contribution in [0.3, 0.4) is 0 Å². The number of carboxylic acid groups (broad SMARTS) is 1. The van der Waals surface area contributed by atoms with Crippen molar-refractivity contribution in [2.45, 2.75) is 10.3 Å². The average Bonchev–Trinajstić information content (AvgIpc) is 2.39. The molecule has 2 aromatic carbocycles. The fraction of sp³-hybridized carbons (Fsp3) is 0.0714. The lowest BCUT2D eigenvalue weighted by atomic mass is 10.0. The van der Waals surface area contributed by atoms with Gasteiger partial charge in [-0.3, -0.25) is 4.79 Å². The molecular weight excluding hydrogens is 268 g/mol. The highest BCUT2D eigenvalue weighted by molar-refractivity contribution is 7.80. The quantitative estimate of drug-likeness (QED) is 0.658. The van der Waals surface area contributed by atoms with Crippen LogP contribution in [0.2, 0.25) is 0 Å². The second kappa shape index (κ2) is 5.46. The predicted molar refractivity (Wildman–Crippen MR) is 75.4 cm³/mol. The van der Waals surface area contributed by atoms with Gasteiger partial charge in [0.1, 0.15) is 0 Å². The van der Waals surface area contributed by atoms with Crippen molar-refractivity contribution >= 4 is 30.2 Å². The lowest BCUT2D eigenvalue weighted by Gasteiger charge is -2.06. The Morgan fingerprint density at radius 3 is 1.89 bits per heavy atom. The lowest BCUT2D eigenvalue weighted by Crippen LogP contribution is -2.04. The van der Waals surface area contributed by atoms with E-state index in [9.17, 15) is 4.79 Å². The van der Waals surface area contributed by atoms with E-state index >= 15 is 0 Å². The van der Waals surface area contributed by atoms with Crippen LogP contribution in [0.15, 0.2) is 53.4 Å². The van der Waals surface area contributed by atoms with E-state index in [2.05, 4.69) is 12.6 Å². The molecule has 0 aliphatic carbocycles. The van der Waals surface area contributed by atoms with Crippen molar-refractivity contribution in [3.63, 3.8) is 0 Å². The standard InChI is InChI=1S/C14H11ClO2S/c15-13(14(16)17)11-3-1-9(2-4-11)10-5-7-12(18)8-6-10/h1-8,13,18H,(H,16,17). The van der Waals surface area contributed by atoms with Gasteiger partial charge in [-0.2, -0.15) is 0 Å². The molecule has 0 aliphatic rings. The maximum atomic E-state index is 10.8. The molecule has 18 heavy (non-hydrogen) atoms. The molecule has 0 bridgehead atoms. The third-order valence-electron chi connectivity index (χ3n) is 2.62. The molecule has 4 heteroatoms. The van der Waals surface area contributed by atoms with Gasteiger partial charge in [0.05, 0.1) is 0 Å². The van der Waals surface area contributed by atoms with Crippen LogP contribution in [0.1, 0.15) is 10.9 Å². The zero-order valence-electron chi connectivity index (χ0n) is 9.38. The lowest BCUT2D eigenvalue weighted by molar-refractivity contribution is -0.136. The molecule has 0 radical (unpaired) electrons. The fourth-order valence-corrected chi connectivity index (χ4v) is 1.94. The van der Waals surface area contributed by atoms with Crippen LogP contribution in [0, 0.1) is 0 Å². The summed E-state index contributed by atoms with van der Waals surface area (Å²) in [5.41, 5.74) is 2.65. The van der Waals surface area contributed by atoms with Gasteiger partial charge < -0.3 is 5.11 Å². The van der Waals surface area contributed by atoms with Gasteiger partial charge >= 0.3 is 5.97 Å². The number of carbonyl (C=O) groups is 1. The summed E-state index contributed by atoms with van der Waals surface area (Å²) in [6.45, 7) is 0. The molecule has 0 saturated heterocycles. The zero-order chi connectivity index (χ0) is 13.1. The van der Waals surface area contributed by atoms with Crippen LogP contribution in [0.5, 0.6) is 0 Å². The van der Waals surface area contributed by atoms with Crippen LogP contribution in [0.25, 0.3) is 11.1 Å². The third-order valence-corrected chi connectivity index (χ3v) is 3.36. The Bertz CT molecular complexity index is 549. The highest BCUT2D eigenvalue weighted by Crippen LogP contribution is 2.25. The average molecular weight is 279 g/mol. The van der Waals surface area contributed by atoms with Crippen molar-refractivity contribution in [3.05, 3.63) is 54.1 Å². The first-order valence-corrected chi connectivity index (χ1v) is 6.22. The Hall–Kier alpha value is -1.45. The van der Waals surface area contributed by atoms with E-state index in [4.69, 9.17) is 16.7 Å². The largest absolute Gasteiger partial charge is 0.480 e. The molecule has 2 aromatic rings. The van der Waals surface area contributed by atoms with Crippen LogP contribution in [0.4, 0.5) is 0 Å². The first-order valence-electron chi connectivity index (χ1n) is 5.34. The summed E-state index contributed by atoms with van der Waals surface area (Å²) in [7, 11) is 0. The highest BCUT2D eigenvalue weighted by atomic mass is 35.5. The van der Waals surface area contributed by atoms with E-state index in [1.54, 1.807) is 12.1 Å². The van der Waals surface area contributed by atoms with Crippen LogP contribution in [-0.4, -0.2) is 11.1 Å². The first kappa shape index (κ1) is 13.0. The molecule has 2 rings (SSSR count). The molecule has 0 fully saturated rings. The Balaban J connectivity index is 2.27. The van der Waals surface area contributed by atoms with Gasteiger partial charge in [0.15, 0.2) is 5.38 Å². The number of carboxylic acids is 1. The normalized spacial score (nSPS) is 12.1. The monoisotopic (exact) mass is 278 g/mol. The minimum Gasteiger partial charge on any atom is -0.480 e. The van der Waals surface area contributed by atoms with Crippen molar-refractivity contribution < 1.29 is 9.90 Å². The molecule has 0 aliphatic heterocycles. The minimum absolute atomic E-state index is 0.582. The van der Waals surface area contributed by atoms with E-state index in [1.807, 2.05) is 36.4 Å². The Kier molecular flexibility index (Phi) is 3.94. The number of rotatable bonds is 3. The third kappa shape index (κ3) is 2.86. The molecule has 0 spiro atoms. The molecule has 2 nitrogen and oxygen atoms in total. The summed E-state index contributed by atoms with van der Waals surface area (Å²) >= 11 is 9.98. The van der Waals surface area contributed by atoms with Gasteiger partial charge in [-0.1, -0.05) is 36.4 Å². The SMILES string of the molecule is O=C(O)C(Cl)c1ccc(-c2ccc(S)cc2)cc1. The van der Waals surface area contributed by atoms with Crippen molar-refractivity contribution in [2.75, 3.05) is 0 Å². The summed E-state index contributed by atoms with van der Waals surface area (Å²) in [5.74, 6) is -1.04. The molecule has 0 heterocycles. The first-order chi connectivity index (χ1) is 8.58. The Morgan fingerprint density at radius 1 is 1.00 bits per heavy atom. The van der Waals surface area contributed by atoms with Crippen LogP contribution in [-0.2, 0) is 4.79 Å². The van der Waals surface area contributed by atoms with E-state index in [1.165, 1.54) is 0 Å². The molecule has 0 aromatic heterocycles. The van der Waals surface area contributed by atoms with Crippen molar-refractivity contribution in [1.82, 2.24) is 0 Å². The van der Waals surface area contributed by atoms with Gasteiger partial charge in [0.25, 0.3) is 0 Å². The molecular formula is C14H11ClO2S. The maximum Gasteiger partial charge on any atom is 0.326 e. The van der Waals surface area contributed by atoms with Crippen molar-refractivity contribution in [1.29, 1.82) is 0 Å². The topological polar surface area (TPSA) is 37.3 Å². The highest BCUT2D eigenvalue weighted by Gasteiger charge is 2.15. The summed E-state index contributed by atoms with van der Waals surface area (Å²) < 4.78 is 0. The van der Waals surface area contributed by atoms with E-state index in [0.717, 1.165) is 16.0 Å². The van der Waals surface area contributed by atoms with E-state index < -0.39 is 11.3 Å². The summed E-state index contributed by atoms with van der Waals surface area (Å²) in [6.07, 6.45) is 0. The van der Waals surface area contributed by atoms with Gasteiger partial charge in [-0.05, 0) is 28.8 Å². The van der Waals surface area contributed by atoms with Gasteiger partial charge in [-0.15, -0.1) is 24.2 Å². The van der Waals surface area contributed by atoms with Crippen molar-refractivity contribution in [3.8, 4) is 11.1 Å². The Labute approximate surface area is 116 Å². The minimum atomic E-state index is -1.04. The number of thiol groups is 1. The molecule has 0 amide bonds. The van der Waals surface area contributed by atoms with Gasteiger partial charge in [-0.25, -0.2) is 0 Å². The number of alkyl halides is 1. The molecule has 1 unspecified atom stereocenters. The second-order valence-electron chi connectivity index (χ2n) is 3.87. The molecule has 0 saturated carbocycles. The van der Waals surface area contributed by atoms with Gasteiger partial charge in [0.2, 0.25) is 0 Å². The molecule has 1 N–H and O–H groups in total. The van der Waals surface area contributed by atoms with E-state index in [0.29, 0.717) is 5.56 Å². The zero-order valence-corrected chi connectivity index (χ0v) is 11.0. The van der Waals surface area contributed by atoms with E-state index in [-0.39, 0.29) is 0 Å². The number of benzene rings is 2. The number of hydrogen-bond acceptors (Lipinski definition) is 2. The van der Waals surface area contributed by atoms with Crippen LogP contribution < -0.4 is 0 Å². The number of aliphatic carboxylic acids is 1. The van der Waals surface area contributed by atoms with Gasteiger partial charge in [0, 0.05) is 4.90 Å². The predicted octanol–water partition coefficient (Wildman–Crippen LogP) is 4.01. The summed E-state index contributed by atoms with van der Waals surface area (Å²) in [4.78, 5) is 11.7. The smallest absolute Gasteiger partial charge is 0.326 e. The summed E-state index contributed by atoms with van der Waals surface area (Å²) in [6, 6.07) is 14.9. The second-order valence-corrected chi connectivity index (χ2v) is 4.82. The summed E-state index contributed by atoms with van der Waals surface area (Å²) in [5, 5.41) is 7.81. The molecule has 92 valence electrons. The van der Waals surface area contributed by atoms with Crippen LogP contribution >= 0.6 is 24.2 Å². The van der Waals surface area contributed by atoms with Crippen molar-refractivity contribution in [2.24, 2.45) is 0 Å². The fourth-order valence-electron chi connectivity index (χ4n) is 1.64. The maximum absolute atomic E-state index is 10.8. The number of halogens is 1. The Morgan fingerprint density at radius 2 is 1.44 bits per heavy atom.